The van der Waals surface area contributed by atoms with Crippen LogP contribution in [0.25, 0.3) is 0 Å². The topological polar surface area (TPSA) is 66.5 Å². The number of ether oxygens (including phenoxy) is 1. The van der Waals surface area contributed by atoms with Crippen molar-refractivity contribution >= 4 is 22.4 Å². The Morgan fingerprint density at radius 2 is 2.53 bits per heavy atom. The van der Waals surface area contributed by atoms with Gasteiger partial charge in [0.25, 0.3) is 0 Å². The van der Waals surface area contributed by atoms with Crippen LogP contribution in [0.15, 0.2) is 6.20 Å². The molecule has 0 bridgehead atoms. The molecular formula is C12H20N4O2S. The second-order valence-electron chi connectivity index (χ2n) is 4.40. The third-order valence-corrected chi connectivity index (χ3v) is 3.91. The second kappa shape index (κ2) is 7.42. The number of nitrogens with zero attached hydrogens (tertiary/aromatic N) is 2. The van der Waals surface area contributed by atoms with Crippen LogP contribution >= 0.6 is 11.3 Å². The fourth-order valence-corrected chi connectivity index (χ4v) is 2.78. The van der Waals surface area contributed by atoms with Gasteiger partial charge in [0.15, 0.2) is 5.13 Å². The Morgan fingerprint density at radius 1 is 1.63 bits per heavy atom. The normalized spacial score (nSPS) is 16.3. The molecule has 1 aliphatic heterocycles. The zero-order valence-corrected chi connectivity index (χ0v) is 12.0. The van der Waals surface area contributed by atoms with Gasteiger partial charge in [-0.2, -0.15) is 0 Å². The molecule has 19 heavy (non-hydrogen) atoms. The Bertz CT molecular complexity index is 410. The third-order valence-electron chi connectivity index (χ3n) is 2.86. The van der Waals surface area contributed by atoms with E-state index in [1.807, 2.05) is 11.1 Å². The van der Waals surface area contributed by atoms with Gasteiger partial charge in [-0.1, -0.05) is 0 Å². The van der Waals surface area contributed by atoms with Crippen molar-refractivity contribution in [1.82, 2.24) is 15.6 Å². The highest BCUT2D eigenvalue weighted by Gasteiger charge is 2.17. The average molecular weight is 284 g/mol. The lowest BCUT2D eigenvalue weighted by atomic mass is 10.4. The molecule has 0 radical (unpaired) electrons. The van der Waals surface area contributed by atoms with E-state index < -0.39 is 0 Å². The summed E-state index contributed by atoms with van der Waals surface area (Å²) in [6, 6.07) is 0. The number of rotatable bonds is 6. The lowest BCUT2D eigenvalue weighted by molar-refractivity contribution is -0.119. The van der Waals surface area contributed by atoms with Gasteiger partial charge in [-0.25, -0.2) is 4.98 Å². The molecule has 0 atom stereocenters. The molecule has 2 N–H and O–H groups in total. The van der Waals surface area contributed by atoms with Crippen LogP contribution in [0.5, 0.6) is 0 Å². The molecule has 0 aromatic carbocycles. The zero-order valence-electron chi connectivity index (χ0n) is 11.1. The molecule has 7 heteroatoms. The first-order valence-corrected chi connectivity index (χ1v) is 7.27. The van der Waals surface area contributed by atoms with Crippen molar-refractivity contribution in [1.29, 1.82) is 0 Å². The number of methoxy groups -OCH3 is 1. The maximum atomic E-state index is 11.5. The smallest absolute Gasteiger partial charge is 0.239 e. The molecule has 0 saturated carbocycles. The first kappa shape index (κ1) is 14.2. The molecule has 0 aliphatic carbocycles. The van der Waals surface area contributed by atoms with E-state index in [1.54, 1.807) is 18.4 Å². The predicted octanol–water partition coefficient (Wildman–Crippen LogP) is 0.205. The summed E-state index contributed by atoms with van der Waals surface area (Å²) in [6.07, 6.45) is 2.84. The van der Waals surface area contributed by atoms with Gasteiger partial charge in [-0.15, -0.1) is 11.3 Å². The summed E-state index contributed by atoms with van der Waals surface area (Å²) < 4.78 is 4.98. The lowest BCUT2D eigenvalue weighted by Crippen LogP contribution is -2.32. The molecule has 6 nitrogen and oxygen atoms in total. The van der Waals surface area contributed by atoms with Crippen LogP contribution in [0.2, 0.25) is 0 Å². The van der Waals surface area contributed by atoms with E-state index in [0.717, 1.165) is 37.7 Å². The number of aromatic nitrogens is 1. The molecule has 2 heterocycles. The Labute approximate surface area is 117 Å². The van der Waals surface area contributed by atoms with E-state index in [9.17, 15) is 4.79 Å². The number of hydrogen-bond donors (Lipinski definition) is 2. The monoisotopic (exact) mass is 284 g/mol. The Balaban J connectivity index is 1.86. The van der Waals surface area contributed by atoms with E-state index in [1.165, 1.54) is 4.88 Å². The molecule has 1 amide bonds. The summed E-state index contributed by atoms with van der Waals surface area (Å²) in [5.41, 5.74) is 0. The Morgan fingerprint density at radius 3 is 3.37 bits per heavy atom. The molecule has 1 fully saturated rings. The highest BCUT2D eigenvalue weighted by Crippen LogP contribution is 2.22. The number of thiazole rings is 1. The van der Waals surface area contributed by atoms with E-state index in [0.29, 0.717) is 13.2 Å². The van der Waals surface area contributed by atoms with Crippen molar-refractivity contribution in [3.63, 3.8) is 0 Å². The van der Waals surface area contributed by atoms with Crippen molar-refractivity contribution in [2.75, 3.05) is 44.8 Å². The van der Waals surface area contributed by atoms with Crippen LogP contribution in [0.3, 0.4) is 0 Å². The van der Waals surface area contributed by atoms with Gasteiger partial charge < -0.3 is 20.3 Å². The molecule has 1 saturated heterocycles. The van der Waals surface area contributed by atoms with Gasteiger partial charge in [0.05, 0.1) is 13.2 Å². The van der Waals surface area contributed by atoms with Gasteiger partial charge >= 0.3 is 0 Å². The molecule has 1 aromatic heterocycles. The van der Waals surface area contributed by atoms with E-state index in [4.69, 9.17) is 4.74 Å². The van der Waals surface area contributed by atoms with Crippen molar-refractivity contribution in [3.8, 4) is 0 Å². The highest BCUT2D eigenvalue weighted by molar-refractivity contribution is 7.15. The van der Waals surface area contributed by atoms with Crippen LogP contribution < -0.4 is 15.5 Å². The largest absolute Gasteiger partial charge is 0.383 e. The number of hydrogen-bond acceptors (Lipinski definition) is 6. The Kier molecular flexibility index (Phi) is 5.56. The fourth-order valence-electron chi connectivity index (χ4n) is 1.88. The van der Waals surface area contributed by atoms with Crippen molar-refractivity contribution in [2.45, 2.75) is 13.0 Å². The second-order valence-corrected chi connectivity index (χ2v) is 5.50. The molecule has 0 unspecified atom stereocenters. The number of carbonyl (C=O) groups excluding carboxylic acids is 1. The maximum Gasteiger partial charge on any atom is 0.239 e. The summed E-state index contributed by atoms with van der Waals surface area (Å²) in [5.74, 6) is 0.0764. The van der Waals surface area contributed by atoms with Gasteiger partial charge in [-0.3, -0.25) is 4.79 Å². The first-order valence-electron chi connectivity index (χ1n) is 6.45. The van der Waals surface area contributed by atoms with Crippen molar-refractivity contribution in [3.05, 3.63) is 11.1 Å². The first-order chi connectivity index (χ1) is 9.29. The number of amides is 1. The summed E-state index contributed by atoms with van der Waals surface area (Å²) >= 11 is 1.64. The molecule has 1 aromatic rings. The van der Waals surface area contributed by atoms with Crippen LogP contribution in [-0.4, -0.2) is 50.8 Å². The molecular weight excluding hydrogens is 264 g/mol. The minimum Gasteiger partial charge on any atom is -0.383 e. The SMILES string of the molecule is COCCNCc1cnc(N2CCCNC(=O)C2)s1. The minimum absolute atomic E-state index is 0.0764. The molecule has 0 spiro atoms. The van der Waals surface area contributed by atoms with E-state index in [2.05, 4.69) is 15.6 Å². The molecule has 2 rings (SSSR count). The van der Waals surface area contributed by atoms with Crippen molar-refractivity contribution in [2.24, 2.45) is 0 Å². The predicted molar refractivity (Wildman–Crippen MR) is 75.5 cm³/mol. The summed E-state index contributed by atoms with van der Waals surface area (Å²) in [7, 11) is 1.69. The number of carbonyl (C=O) groups is 1. The minimum atomic E-state index is 0.0764. The van der Waals surface area contributed by atoms with Crippen molar-refractivity contribution < 1.29 is 9.53 Å². The zero-order chi connectivity index (χ0) is 13.5. The van der Waals surface area contributed by atoms with E-state index >= 15 is 0 Å². The number of nitrogens with one attached hydrogen (secondary N) is 2. The van der Waals surface area contributed by atoms with Crippen LogP contribution in [0.1, 0.15) is 11.3 Å². The van der Waals surface area contributed by atoms with Gasteiger partial charge in [0, 0.05) is 44.4 Å². The van der Waals surface area contributed by atoms with Crippen LogP contribution in [0.4, 0.5) is 5.13 Å². The number of anilines is 1. The summed E-state index contributed by atoms with van der Waals surface area (Å²) in [5, 5.41) is 7.09. The Hall–Kier alpha value is -1.18. The van der Waals surface area contributed by atoms with Gasteiger partial charge in [0.1, 0.15) is 0 Å². The third kappa shape index (κ3) is 4.45. The lowest BCUT2D eigenvalue weighted by Gasteiger charge is -2.16. The average Bonchev–Trinajstić information content (AvgIpc) is 2.77. The highest BCUT2D eigenvalue weighted by atomic mass is 32.1. The standard InChI is InChI=1S/C12H20N4O2S/c1-18-6-4-13-7-10-8-15-12(19-10)16-5-2-3-14-11(17)9-16/h8,13H,2-7,9H2,1H3,(H,14,17). The van der Waals surface area contributed by atoms with Crippen LogP contribution in [0, 0.1) is 0 Å². The van der Waals surface area contributed by atoms with Gasteiger partial charge in [0.2, 0.25) is 5.91 Å². The van der Waals surface area contributed by atoms with Gasteiger partial charge in [-0.05, 0) is 6.42 Å². The summed E-state index contributed by atoms with van der Waals surface area (Å²) in [4.78, 5) is 19.1. The van der Waals surface area contributed by atoms with E-state index in [-0.39, 0.29) is 5.91 Å². The maximum absolute atomic E-state index is 11.5. The van der Waals surface area contributed by atoms with Crippen LogP contribution in [-0.2, 0) is 16.1 Å². The quantitative estimate of drug-likeness (QED) is 0.731. The molecule has 1 aliphatic rings. The fraction of sp³-hybridized carbons (Fsp3) is 0.667. The molecule has 106 valence electrons. The summed E-state index contributed by atoms with van der Waals surface area (Å²) in [6.45, 7) is 4.37.